The Kier molecular flexibility index (Phi) is 2.82. The number of rotatable bonds is 2. The lowest BCUT2D eigenvalue weighted by atomic mass is 10.1. The van der Waals surface area contributed by atoms with Gasteiger partial charge in [0.15, 0.2) is 0 Å². The molecule has 3 rings (SSSR count). The fourth-order valence-corrected chi connectivity index (χ4v) is 2.94. The van der Waals surface area contributed by atoms with Crippen molar-refractivity contribution in [1.82, 2.24) is 4.98 Å². The van der Waals surface area contributed by atoms with Crippen LogP contribution in [0.1, 0.15) is 17.3 Å². The van der Waals surface area contributed by atoms with E-state index in [1.807, 2.05) is 24.3 Å². The van der Waals surface area contributed by atoms with Gasteiger partial charge in [-0.05, 0) is 18.6 Å². The molecule has 1 aliphatic rings. The third-order valence-electron chi connectivity index (χ3n) is 3.01. The van der Waals surface area contributed by atoms with Crippen molar-refractivity contribution in [3.63, 3.8) is 0 Å². The summed E-state index contributed by atoms with van der Waals surface area (Å²) in [6, 6.07) is 7.85. The topological polar surface area (TPSA) is 48.1 Å². The second kappa shape index (κ2) is 4.47. The molecule has 0 bridgehead atoms. The highest BCUT2D eigenvalue weighted by Crippen LogP contribution is 2.31. The smallest absolute Gasteiger partial charge is 0.0987 e. The second-order valence-electron chi connectivity index (χ2n) is 4.25. The Morgan fingerprint density at radius 2 is 2.12 bits per heavy atom. The van der Waals surface area contributed by atoms with Crippen LogP contribution in [0.5, 0.6) is 0 Å². The molecule has 0 radical (unpaired) electrons. The average molecular weight is 246 g/mol. The van der Waals surface area contributed by atoms with Gasteiger partial charge in [-0.15, -0.1) is 11.3 Å². The third-order valence-corrected chi connectivity index (χ3v) is 4.01. The predicted octanol–water partition coefficient (Wildman–Crippen LogP) is 2.90. The van der Waals surface area contributed by atoms with Crippen molar-refractivity contribution in [3.05, 3.63) is 34.7 Å². The van der Waals surface area contributed by atoms with Crippen molar-refractivity contribution >= 4 is 17.0 Å². The molecule has 1 aliphatic heterocycles. The maximum absolute atomic E-state index is 5.68. The van der Waals surface area contributed by atoms with E-state index in [-0.39, 0.29) is 0 Å². The minimum absolute atomic E-state index is 0.488. The zero-order chi connectivity index (χ0) is 11.7. The Morgan fingerprint density at radius 3 is 2.82 bits per heavy atom. The van der Waals surface area contributed by atoms with E-state index in [2.05, 4.69) is 10.4 Å². The van der Waals surface area contributed by atoms with Crippen LogP contribution in [0.15, 0.2) is 29.6 Å². The molecule has 2 heterocycles. The van der Waals surface area contributed by atoms with Crippen LogP contribution in [0.2, 0.25) is 0 Å². The lowest BCUT2D eigenvalue weighted by Gasteiger charge is -2.01. The van der Waals surface area contributed by atoms with Crippen LogP contribution in [0.25, 0.3) is 11.3 Å². The molecule has 1 unspecified atom stereocenters. The van der Waals surface area contributed by atoms with Crippen molar-refractivity contribution in [2.75, 3.05) is 18.9 Å². The van der Waals surface area contributed by atoms with Crippen LogP contribution in [0, 0.1) is 0 Å². The van der Waals surface area contributed by atoms with E-state index in [1.165, 1.54) is 5.01 Å². The molecule has 88 valence electrons. The molecule has 0 saturated carbocycles. The Morgan fingerprint density at radius 1 is 1.29 bits per heavy atom. The Balaban J connectivity index is 1.86. The number of ether oxygens (including phenoxy) is 1. The van der Waals surface area contributed by atoms with E-state index in [9.17, 15) is 0 Å². The van der Waals surface area contributed by atoms with Crippen LogP contribution < -0.4 is 5.73 Å². The molecule has 3 nitrogen and oxygen atoms in total. The molecular weight excluding hydrogens is 232 g/mol. The number of anilines is 1. The monoisotopic (exact) mass is 246 g/mol. The van der Waals surface area contributed by atoms with Crippen molar-refractivity contribution in [2.45, 2.75) is 12.3 Å². The van der Waals surface area contributed by atoms with E-state index >= 15 is 0 Å². The molecular formula is C13H14N2OS. The van der Waals surface area contributed by atoms with Crippen LogP contribution in [-0.2, 0) is 4.74 Å². The quantitative estimate of drug-likeness (QED) is 0.829. The van der Waals surface area contributed by atoms with Crippen molar-refractivity contribution in [2.24, 2.45) is 0 Å². The van der Waals surface area contributed by atoms with E-state index in [0.717, 1.165) is 36.6 Å². The number of nitrogens with two attached hydrogens (primary N) is 1. The summed E-state index contributed by atoms with van der Waals surface area (Å²) in [6.45, 7) is 1.68. The highest BCUT2D eigenvalue weighted by Gasteiger charge is 2.21. The molecule has 1 aromatic carbocycles. The number of nitrogens with zero attached hydrogens (tertiary/aromatic N) is 1. The Bertz CT molecular complexity index is 500. The maximum Gasteiger partial charge on any atom is 0.0987 e. The van der Waals surface area contributed by atoms with Gasteiger partial charge in [0.1, 0.15) is 0 Å². The lowest BCUT2D eigenvalue weighted by Crippen LogP contribution is -1.96. The molecule has 0 amide bonds. The minimum atomic E-state index is 0.488. The normalized spacial score (nSPS) is 19.6. The first-order valence-corrected chi connectivity index (χ1v) is 6.60. The fraction of sp³-hybridized carbons (Fsp3) is 0.308. The summed E-state index contributed by atoms with van der Waals surface area (Å²) < 4.78 is 5.39. The number of hydrogen-bond acceptors (Lipinski definition) is 4. The van der Waals surface area contributed by atoms with Gasteiger partial charge in [-0.2, -0.15) is 0 Å². The number of benzene rings is 1. The molecule has 4 heteroatoms. The molecule has 1 saturated heterocycles. The fourth-order valence-electron chi connectivity index (χ4n) is 1.99. The molecule has 17 heavy (non-hydrogen) atoms. The van der Waals surface area contributed by atoms with E-state index < -0.39 is 0 Å². The molecule has 0 aliphatic carbocycles. The van der Waals surface area contributed by atoms with Gasteiger partial charge in [-0.1, -0.05) is 12.1 Å². The van der Waals surface area contributed by atoms with Crippen LogP contribution >= 0.6 is 11.3 Å². The summed E-state index contributed by atoms with van der Waals surface area (Å²) in [5.74, 6) is 0.488. The third kappa shape index (κ3) is 2.18. The van der Waals surface area contributed by atoms with Gasteiger partial charge in [0.25, 0.3) is 0 Å². The van der Waals surface area contributed by atoms with Gasteiger partial charge in [0, 0.05) is 29.2 Å². The first-order valence-electron chi connectivity index (χ1n) is 5.72. The zero-order valence-electron chi connectivity index (χ0n) is 9.43. The highest BCUT2D eigenvalue weighted by molar-refractivity contribution is 7.10. The molecule has 1 fully saturated rings. The molecule has 1 aromatic heterocycles. The van der Waals surface area contributed by atoms with Gasteiger partial charge >= 0.3 is 0 Å². The van der Waals surface area contributed by atoms with Gasteiger partial charge in [-0.3, -0.25) is 0 Å². The van der Waals surface area contributed by atoms with E-state index in [0.29, 0.717) is 5.92 Å². The first kappa shape index (κ1) is 10.7. The van der Waals surface area contributed by atoms with Gasteiger partial charge in [-0.25, -0.2) is 4.98 Å². The Labute approximate surface area is 104 Å². The number of thiazole rings is 1. The molecule has 2 N–H and O–H groups in total. The maximum atomic E-state index is 5.68. The van der Waals surface area contributed by atoms with E-state index in [1.54, 1.807) is 11.3 Å². The first-order chi connectivity index (χ1) is 8.33. The lowest BCUT2D eigenvalue weighted by molar-refractivity contribution is 0.194. The largest absolute Gasteiger partial charge is 0.399 e. The summed E-state index contributed by atoms with van der Waals surface area (Å²) in [7, 11) is 0. The molecule has 1 atom stereocenters. The summed E-state index contributed by atoms with van der Waals surface area (Å²) in [4.78, 5) is 4.69. The predicted molar refractivity (Wildman–Crippen MR) is 70.1 cm³/mol. The standard InChI is InChI=1S/C13H14N2OS/c14-11-3-1-9(2-4-11)12-8-17-13(15-12)10-5-6-16-7-10/h1-4,8,10H,5-7,14H2. The summed E-state index contributed by atoms with van der Waals surface area (Å²) in [5, 5.41) is 3.30. The Hall–Kier alpha value is -1.39. The summed E-state index contributed by atoms with van der Waals surface area (Å²) in [6.07, 6.45) is 1.09. The average Bonchev–Trinajstić information content (AvgIpc) is 3.00. The number of aromatic nitrogens is 1. The van der Waals surface area contributed by atoms with Crippen LogP contribution in [0.4, 0.5) is 5.69 Å². The van der Waals surface area contributed by atoms with Crippen molar-refractivity contribution in [3.8, 4) is 11.3 Å². The summed E-state index contributed by atoms with van der Waals surface area (Å²) in [5.41, 5.74) is 8.63. The van der Waals surface area contributed by atoms with Gasteiger partial charge < -0.3 is 10.5 Å². The highest BCUT2D eigenvalue weighted by atomic mass is 32.1. The zero-order valence-corrected chi connectivity index (χ0v) is 10.2. The van der Waals surface area contributed by atoms with E-state index in [4.69, 9.17) is 10.5 Å². The summed E-state index contributed by atoms with van der Waals surface area (Å²) >= 11 is 1.72. The number of hydrogen-bond donors (Lipinski definition) is 1. The number of nitrogen functional groups attached to an aromatic ring is 1. The van der Waals surface area contributed by atoms with Crippen molar-refractivity contribution < 1.29 is 4.74 Å². The van der Waals surface area contributed by atoms with Gasteiger partial charge in [0.2, 0.25) is 0 Å². The molecule has 2 aromatic rings. The second-order valence-corrected chi connectivity index (χ2v) is 5.14. The minimum Gasteiger partial charge on any atom is -0.399 e. The van der Waals surface area contributed by atoms with Crippen molar-refractivity contribution in [1.29, 1.82) is 0 Å². The van der Waals surface area contributed by atoms with Gasteiger partial charge in [0.05, 0.1) is 17.3 Å². The van der Waals surface area contributed by atoms with Crippen LogP contribution in [-0.4, -0.2) is 18.2 Å². The molecule has 0 spiro atoms. The SMILES string of the molecule is Nc1ccc(-c2csc(C3CCOC3)n2)cc1. The van der Waals surface area contributed by atoms with Crippen LogP contribution in [0.3, 0.4) is 0 Å².